The number of benzene rings is 1. The minimum Gasteiger partial charge on any atom is -0.355 e. The van der Waals surface area contributed by atoms with Gasteiger partial charge in [0.2, 0.25) is 0 Å². The highest BCUT2D eigenvalue weighted by atomic mass is 16.6. The minimum atomic E-state index is -0.455. The molecule has 2 aromatic rings. The van der Waals surface area contributed by atoms with Gasteiger partial charge < -0.3 is 10.2 Å². The first kappa shape index (κ1) is 15.9. The molecule has 1 saturated heterocycles. The Morgan fingerprint density at radius 1 is 1.29 bits per heavy atom. The van der Waals surface area contributed by atoms with Gasteiger partial charge in [-0.05, 0) is 44.0 Å². The number of nitro benzene ring substituents is 1. The zero-order chi connectivity index (χ0) is 17.1. The van der Waals surface area contributed by atoms with Crippen LogP contribution in [0.15, 0.2) is 36.5 Å². The Morgan fingerprint density at radius 2 is 2.04 bits per heavy atom. The van der Waals surface area contributed by atoms with E-state index in [-0.39, 0.29) is 11.6 Å². The van der Waals surface area contributed by atoms with Crippen molar-refractivity contribution in [1.82, 2.24) is 4.98 Å². The van der Waals surface area contributed by atoms with Gasteiger partial charge in [-0.25, -0.2) is 4.98 Å². The molecule has 7 heteroatoms. The van der Waals surface area contributed by atoms with Gasteiger partial charge in [-0.1, -0.05) is 0 Å². The summed E-state index contributed by atoms with van der Waals surface area (Å²) in [4.78, 5) is 29.4. The Balaban J connectivity index is 1.83. The molecule has 0 spiro atoms. The standard InChI is InChI=1S/C17H18N4O3/c1-12-11-13(6-7-15(12)21(23)24)17(22)19-14-5-4-8-18-16(14)20-9-2-3-10-20/h4-8,11H,2-3,9-10H2,1H3,(H,19,22). The number of hydrogen-bond donors (Lipinski definition) is 1. The lowest BCUT2D eigenvalue weighted by molar-refractivity contribution is -0.385. The molecule has 1 aliphatic heterocycles. The van der Waals surface area contributed by atoms with Crippen LogP contribution in [0.5, 0.6) is 0 Å². The van der Waals surface area contributed by atoms with Crippen molar-refractivity contribution < 1.29 is 9.72 Å². The van der Waals surface area contributed by atoms with Crippen molar-refractivity contribution >= 4 is 23.1 Å². The third-order valence-electron chi connectivity index (χ3n) is 4.10. The fraction of sp³-hybridized carbons (Fsp3) is 0.294. The normalized spacial score (nSPS) is 13.8. The number of nitro groups is 1. The molecular weight excluding hydrogens is 308 g/mol. The van der Waals surface area contributed by atoms with Crippen molar-refractivity contribution in [3.8, 4) is 0 Å². The Morgan fingerprint density at radius 3 is 2.71 bits per heavy atom. The van der Waals surface area contributed by atoms with Crippen LogP contribution in [0.1, 0.15) is 28.8 Å². The van der Waals surface area contributed by atoms with Crippen LogP contribution in [-0.4, -0.2) is 28.9 Å². The summed E-state index contributed by atoms with van der Waals surface area (Å²) in [6.07, 6.45) is 3.94. The van der Waals surface area contributed by atoms with E-state index in [1.54, 1.807) is 19.2 Å². The maximum Gasteiger partial charge on any atom is 0.272 e. The fourth-order valence-electron chi connectivity index (χ4n) is 2.87. The third-order valence-corrected chi connectivity index (χ3v) is 4.10. The number of pyridine rings is 1. The molecule has 3 rings (SSSR count). The van der Waals surface area contributed by atoms with Gasteiger partial charge in [0.05, 0.1) is 10.6 Å². The smallest absolute Gasteiger partial charge is 0.272 e. The number of carbonyl (C=O) groups excluding carboxylic acids is 1. The molecule has 1 aliphatic rings. The van der Waals surface area contributed by atoms with Gasteiger partial charge in [0.15, 0.2) is 5.82 Å². The van der Waals surface area contributed by atoms with E-state index in [0.717, 1.165) is 31.7 Å². The highest BCUT2D eigenvalue weighted by Gasteiger charge is 2.19. The SMILES string of the molecule is Cc1cc(C(=O)Nc2cccnc2N2CCCC2)ccc1[N+](=O)[O-]. The Bertz CT molecular complexity index is 785. The third kappa shape index (κ3) is 3.19. The number of carbonyl (C=O) groups is 1. The molecule has 0 atom stereocenters. The molecule has 1 aromatic heterocycles. The van der Waals surface area contributed by atoms with Crippen molar-refractivity contribution in [2.24, 2.45) is 0 Å². The predicted octanol–water partition coefficient (Wildman–Crippen LogP) is 3.15. The van der Waals surface area contributed by atoms with Gasteiger partial charge in [0.25, 0.3) is 11.6 Å². The maximum atomic E-state index is 12.5. The average Bonchev–Trinajstić information content (AvgIpc) is 3.09. The number of aryl methyl sites for hydroxylation is 1. The Hall–Kier alpha value is -2.96. The van der Waals surface area contributed by atoms with Crippen LogP contribution in [0.4, 0.5) is 17.2 Å². The van der Waals surface area contributed by atoms with Crippen LogP contribution in [-0.2, 0) is 0 Å². The number of hydrogen-bond acceptors (Lipinski definition) is 5. The lowest BCUT2D eigenvalue weighted by Crippen LogP contribution is -2.22. The van der Waals surface area contributed by atoms with E-state index in [0.29, 0.717) is 16.8 Å². The summed E-state index contributed by atoms with van der Waals surface area (Å²) in [6, 6.07) is 7.94. The second-order valence-corrected chi connectivity index (χ2v) is 5.78. The van der Waals surface area contributed by atoms with E-state index >= 15 is 0 Å². The molecule has 0 radical (unpaired) electrons. The number of nitrogens with zero attached hydrogens (tertiary/aromatic N) is 3. The molecule has 7 nitrogen and oxygen atoms in total. The quantitative estimate of drug-likeness (QED) is 0.689. The van der Waals surface area contributed by atoms with Gasteiger partial charge in [0, 0.05) is 36.5 Å². The van der Waals surface area contributed by atoms with Crippen LogP contribution in [0.25, 0.3) is 0 Å². The van der Waals surface area contributed by atoms with E-state index in [9.17, 15) is 14.9 Å². The summed E-state index contributed by atoms with van der Waals surface area (Å²) < 4.78 is 0. The van der Waals surface area contributed by atoms with Crippen molar-refractivity contribution in [3.05, 3.63) is 57.8 Å². The Kier molecular flexibility index (Phi) is 4.41. The molecule has 1 aromatic carbocycles. The monoisotopic (exact) mass is 326 g/mol. The first-order valence-corrected chi connectivity index (χ1v) is 7.82. The van der Waals surface area contributed by atoms with E-state index in [4.69, 9.17) is 0 Å². The first-order chi connectivity index (χ1) is 11.6. The van der Waals surface area contributed by atoms with Crippen LogP contribution >= 0.6 is 0 Å². The van der Waals surface area contributed by atoms with Gasteiger partial charge in [-0.2, -0.15) is 0 Å². The van der Waals surface area contributed by atoms with Crippen LogP contribution in [0.3, 0.4) is 0 Å². The second-order valence-electron chi connectivity index (χ2n) is 5.78. The number of aromatic nitrogens is 1. The lowest BCUT2D eigenvalue weighted by atomic mass is 10.1. The molecule has 0 bridgehead atoms. The summed E-state index contributed by atoms with van der Waals surface area (Å²) >= 11 is 0. The summed E-state index contributed by atoms with van der Waals surface area (Å²) in [6.45, 7) is 3.47. The van der Waals surface area contributed by atoms with E-state index in [1.807, 2.05) is 6.07 Å². The average molecular weight is 326 g/mol. The Labute approximate surface area is 139 Å². The maximum absolute atomic E-state index is 12.5. The zero-order valence-corrected chi connectivity index (χ0v) is 13.4. The molecule has 124 valence electrons. The van der Waals surface area contributed by atoms with E-state index < -0.39 is 4.92 Å². The molecular formula is C17H18N4O3. The molecule has 1 amide bonds. The molecule has 1 N–H and O–H groups in total. The minimum absolute atomic E-state index is 0.00526. The van der Waals surface area contributed by atoms with Crippen LogP contribution in [0, 0.1) is 17.0 Å². The molecule has 2 heterocycles. The number of amides is 1. The highest BCUT2D eigenvalue weighted by molar-refractivity contribution is 6.05. The number of nitrogens with one attached hydrogen (secondary N) is 1. The van der Waals surface area contributed by atoms with E-state index in [2.05, 4.69) is 15.2 Å². The zero-order valence-electron chi connectivity index (χ0n) is 13.4. The largest absolute Gasteiger partial charge is 0.355 e. The molecule has 0 aliphatic carbocycles. The van der Waals surface area contributed by atoms with E-state index in [1.165, 1.54) is 18.2 Å². The molecule has 1 fully saturated rings. The van der Waals surface area contributed by atoms with Crippen molar-refractivity contribution in [2.45, 2.75) is 19.8 Å². The number of rotatable bonds is 4. The highest BCUT2D eigenvalue weighted by Crippen LogP contribution is 2.27. The van der Waals surface area contributed by atoms with Gasteiger partial charge >= 0.3 is 0 Å². The summed E-state index contributed by atoms with van der Waals surface area (Å²) in [5, 5.41) is 13.7. The fourth-order valence-corrected chi connectivity index (χ4v) is 2.87. The summed E-state index contributed by atoms with van der Waals surface area (Å²) in [5.41, 5.74) is 1.50. The first-order valence-electron chi connectivity index (χ1n) is 7.82. The summed E-state index contributed by atoms with van der Waals surface area (Å²) in [5.74, 6) is 0.462. The van der Waals surface area contributed by atoms with Crippen molar-refractivity contribution in [3.63, 3.8) is 0 Å². The van der Waals surface area contributed by atoms with Gasteiger partial charge in [-0.3, -0.25) is 14.9 Å². The molecule has 0 saturated carbocycles. The predicted molar refractivity (Wildman–Crippen MR) is 91.5 cm³/mol. The van der Waals surface area contributed by atoms with Crippen LogP contribution in [0.2, 0.25) is 0 Å². The van der Waals surface area contributed by atoms with Crippen molar-refractivity contribution in [1.29, 1.82) is 0 Å². The second kappa shape index (κ2) is 6.66. The number of anilines is 2. The van der Waals surface area contributed by atoms with Gasteiger partial charge in [0.1, 0.15) is 0 Å². The lowest BCUT2D eigenvalue weighted by Gasteiger charge is -2.20. The molecule has 24 heavy (non-hydrogen) atoms. The topological polar surface area (TPSA) is 88.4 Å². The van der Waals surface area contributed by atoms with Crippen molar-refractivity contribution in [2.75, 3.05) is 23.3 Å². The van der Waals surface area contributed by atoms with Crippen LogP contribution < -0.4 is 10.2 Å². The summed E-state index contributed by atoms with van der Waals surface area (Å²) in [7, 11) is 0. The molecule has 0 unspecified atom stereocenters. The van der Waals surface area contributed by atoms with Gasteiger partial charge in [-0.15, -0.1) is 0 Å².